The van der Waals surface area contributed by atoms with Gasteiger partial charge in [0.15, 0.2) is 0 Å². The highest BCUT2D eigenvalue weighted by Gasteiger charge is 2.44. The van der Waals surface area contributed by atoms with Gasteiger partial charge in [0.2, 0.25) is 0 Å². The Morgan fingerprint density at radius 1 is 1.25 bits per heavy atom. The largest absolute Gasteiger partial charge is 0.507 e. The van der Waals surface area contributed by atoms with Crippen LogP contribution in [0.1, 0.15) is 58.2 Å². The molecule has 3 heterocycles. The van der Waals surface area contributed by atoms with Crippen molar-refractivity contribution >= 4 is 22.7 Å². The van der Waals surface area contributed by atoms with E-state index in [0.29, 0.717) is 17.2 Å². The lowest BCUT2D eigenvalue weighted by Crippen LogP contribution is -2.17. The highest BCUT2D eigenvalue weighted by molar-refractivity contribution is 7.12. The molecule has 0 aliphatic heterocycles. The van der Waals surface area contributed by atoms with Gasteiger partial charge < -0.3 is 9.52 Å². The standard InChI is InChI=1S/C23H24O3S2/c1-14-2-5-19(28-14)20(16-3-4-16)21-18(24)10-17(26-22(21)25)12-23(7-8-23)11-15-6-9-27-13-15/h2,5-6,9-10,13,16,20,24H,3-4,7-8,11-12H2,1H3. The van der Waals surface area contributed by atoms with Crippen LogP contribution in [0.2, 0.25) is 0 Å². The maximum Gasteiger partial charge on any atom is 0.343 e. The van der Waals surface area contributed by atoms with Crippen LogP contribution in [-0.2, 0) is 12.8 Å². The molecule has 0 saturated heterocycles. The fraction of sp³-hybridized carbons (Fsp3) is 0.435. The molecule has 1 atom stereocenters. The van der Waals surface area contributed by atoms with E-state index in [4.69, 9.17) is 4.42 Å². The Hall–Kier alpha value is -1.85. The third kappa shape index (κ3) is 3.58. The van der Waals surface area contributed by atoms with Crippen molar-refractivity contribution in [3.63, 3.8) is 0 Å². The summed E-state index contributed by atoms with van der Waals surface area (Å²) in [7, 11) is 0. The summed E-state index contributed by atoms with van der Waals surface area (Å²) < 4.78 is 5.76. The van der Waals surface area contributed by atoms with Crippen LogP contribution in [0.15, 0.2) is 44.2 Å². The van der Waals surface area contributed by atoms with Crippen LogP contribution in [0, 0.1) is 18.3 Å². The molecule has 2 aliphatic rings. The van der Waals surface area contributed by atoms with Crippen LogP contribution in [0.5, 0.6) is 5.75 Å². The van der Waals surface area contributed by atoms with Crippen molar-refractivity contribution in [3.05, 3.63) is 72.1 Å². The molecule has 1 N–H and O–H groups in total. The quantitative estimate of drug-likeness (QED) is 0.527. The number of hydrogen-bond donors (Lipinski definition) is 1. The van der Waals surface area contributed by atoms with Crippen LogP contribution < -0.4 is 5.63 Å². The number of hydrogen-bond acceptors (Lipinski definition) is 5. The van der Waals surface area contributed by atoms with Gasteiger partial charge in [0.25, 0.3) is 0 Å². The van der Waals surface area contributed by atoms with Crippen molar-refractivity contribution < 1.29 is 9.52 Å². The summed E-state index contributed by atoms with van der Waals surface area (Å²) >= 11 is 3.43. The average Bonchev–Trinajstić information content (AvgIpc) is 3.51. The Kier molecular flexibility index (Phi) is 4.48. The van der Waals surface area contributed by atoms with E-state index >= 15 is 0 Å². The first-order chi connectivity index (χ1) is 13.5. The van der Waals surface area contributed by atoms with Gasteiger partial charge in [-0.3, -0.25) is 0 Å². The van der Waals surface area contributed by atoms with Gasteiger partial charge in [-0.05, 0) is 84.9 Å². The van der Waals surface area contributed by atoms with Crippen LogP contribution in [0.25, 0.3) is 0 Å². The smallest absolute Gasteiger partial charge is 0.343 e. The van der Waals surface area contributed by atoms with E-state index in [9.17, 15) is 9.90 Å². The molecule has 3 nitrogen and oxygen atoms in total. The summed E-state index contributed by atoms with van der Waals surface area (Å²) in [6, 6.07) is 8.06. The molecule has 0 spiro atoms. The minimum absolute atomic E-state index is 0.0373. The summed E-state index contributed by atoms with van der Waals surface area (Å²) in [5, 5.41) is 15.1. The Morgan fingerprint density at radius 2 is 2.07 bits per heavy atom. The van der Waals surface area contributed by atoms with Gasteiger partial charge in [-0.1, -0.05) is 0 Å². The van der Waals surface area contributed by atoms with Gasteiger partial charge in [0.05, 0.1) is 5.56 Å². The zero-order valence-corrected chi connectivity index (χ0v) is 17.6. The molecule has 0 bridgehead atoms. The lowest BCUT2D eigenvalue weighted by atomic mass is 9.91. The van der Waals surface area contributed by atoms with Gasteiger partial charge in [0, 0.05) is 28.2 Å². The average molecular weight is 413 g/mol. The number of rotatable bonds is 7. The van der Waals surface area contributed by atoms with Gasteiger partial charge >= 0.3 is 5.63 Å². The summed E-state index contributed by atoms with van der Waals surface area (Å²) in [5.41, 5.74) is 1.64. The topological polar surface area (TPSA) is 50.4 Å². The van der Waals surface area contributed by atoms with E-state index in [1.807, 2.05) is 0 Å². The lowest BCUT2D eigenvalue weighted by Gasteiger charge is -2.17. The van der Waals surface area contributed by atoms with Gasteiger partial charge in [-0.15, -0.1) is 11.3 Å². The van der Waals surface area contributed by atoms with E-state index in [-0.39, 0.29) is 22.7 Å². The lowest BCUT2D eigenvalue weighted by molar-refractivity contribution is 0.372. The Bertz CT molecular complexity index is 1040. The Balaban J connectivity index is 1.43. The molecule has 2 aliphatic carbocycles. The Morgan fingerprint density at radius 3 is 2.64 bits per heavy atom. The highest BCUT2D eigenvalue weighted by Crippen LogP contribution is 2.52. The van der Waals surface area contributed by atoms with Crippen LogP contribution in [-0.4, -0.2) is 5.11 Å². The third-order valence-corrected chi connectivity index (χ3v) is 7.97. The predicted molar refractivity (Wildman–Crippen MR) is 114 cm³/mol. The molecule has 3 aromatic heterocycles. The van der Waals surface area contributed by atoms with Crippen molar-refractivity contribution in [2.45, 2.75) is 51.4 Å². The summed E-state index contributed by atoms with van der Waals surface area (Å²) in [6.45, 7) is 2.08. The second-order valence-electron chi connectivity index (χ2n) is 8.55. The molecule has 3 aromatic rings. The molecule has 2 saturated carbocycles. The number of aromatic hydroxyl groups is 1. The minimum Gasteiger partial charge on any atom is -0.507 e. The zero-order valence-electron chi connectivity index (χ0n) is 15.9. The normalized spacial score (nSPS) is 18.9. The molecule has 28 heavy (non-hydrogen) atoms. The van der Waals surface area contributed by atoms with E-state index in [1.54, 1.807) is 28.7 Å². The van der Waals surface area contributed by atoms with Gasteiger partial charge in [0.1, 0.15) is 11.5 Å². The monoisotopic (exact) mass is 412 g/mol. The van der Waals surface area contributed by atoms with E-state index in [1.165, 1.54) is 10.4 Å². The van der Waals surface area contributed by atoms with Crippen molar-refractivity contribution in [1.29, 1.82) is 0 Å². The summed E-state index contributed by atoms with van der Waals surface area (Å²) in [4.78, 5) is 15.3. The van der Waals surface area contributed by atoms with Crippen molar-refractivity contribution in [1.82, 2.24) is 0 Å². The maximum absolute atomic E-state index is 12.9. The second kappa shape index (κ2) is 6.89. The van der Waals surface area contributed by atoms with E-state index < -0.39 is 0 Å². The summed E-state index contributed by atoms with van der Waals surface area (Å²) in [6.07, 6.45) is 6.24. The van der Waals surface area contributed by atoms with Crippen molar-refractivity contribution in [2.24, 2.45) is 11.3 Å². The molecule has 0 aromatic carbocycles. The fourth-order valence-corrected chi connectivity index (χ4v) is 6.11. The second-order valence-corrected chi connectivity index (χ2v) is 10.6. The third-order valence-electron chi connectivity index (χ3n) is 6.16. The molecule has 1 unspecified atom stereocenters. The van der Waals surface area contributed by atoms with Crippen molar-refractivity contribution in [2.75, 3.05) is 0 Å². The molecule has 146 valence electrons. The number of aryl methyl sites for hydroxylation is 1. The summed E-state index contributed by atoms with van der Waals surface area (Å²) in [5.74, 6) is 1.13. The first kappa shape index (κ1) is 18.2. The van der Waals surface area contributed by atoms with Gasteiger partial charge in [-0.25, -0.2) is 4.79 Å². The van der Waals surface area contributed by atoms with Gasteiger partial charge in [-0.2, -0.15) is 11.3 Å². The number of thiophene rings is 2. The predicted octanol–water partition coefficient (Wildman–Crippen LogP) is 5.88. The van der Waals surface area contributed by atoms with Crippen LogP contribution >= 0.6 is 22.7 Å². The van der Waals surface area contributed by atoms with Crippen LogP contribution in [0.3, 0.4) is 0 Å². The highest BCUT2D eigenvalue weighted by atomic mass is 32.1. The maximum atomic E-state index is 12.9. The molecule has 0 radical (unpaired) electrons. The first-order valence-electron chi connectivity index (χ1n) is 9.96. The Labute approximate surface area is 172 Å². The first-order valence-corrected chi connectivity index (χ1v) is 11.7. The molecule has 0 amide bonds. The molecule has 5 heteroatoms. The van der Waals surface area contributed by atoms with Crippen molar-refractivity contribution in [3.8, 4) is 5.75 Å². The van der Waals surface area contributed by atoms with E-state index in [2.05, 4.69) is 35.9 Å². The zero-order chi connectivity index (χ0) is 19.3. The SMILES string of the molecule is Cc1ccc(C(c2c(O)cc(CC3(Cc4ccsc4)CC3)oc2=O)C2CC2)s1. The van der Waals surface area contributed by atoms with Crippen LogP contribution in [0.4, 0.5) is 0 Å². The molecular formula is C23H24O3S2. The van der Waals surface area contributed by atoms with E-state index in [0.717, 1.165) is 43.4 Å². The fourth-order valence-electron chi connectivity index (χ4n) is 4.36. The molecule has 5 rings (SSSR count). The molecule has 2 fully saturated rings. The minimum atomic E-state index is -0.357. The molecular weight excluding hydrogens is 388 g/mol.